The molecule has 1 heterocycles. The minimum absolute atomic E-state index is 0.112. The lowest BCUT2D eigenvalue weighted by Gasteiger charge is -2.17. The number of carbonyl (C=O) groups is 1. The molecule has 0 aliphatic heterocycles. The van der Waals surface area contributed by atoms with Gasteiger partial charge >= 0.3 is 0 Å². The van der Waals surface area contributed by atoms with E-state index in [0.717, 1.165) is 12.8 Å². The number of aliphatic hydroxyl groups is 1. The summed E-state index contributed by atoms with van der Waals surface area (Å²) in [6.45, 7) is 1.37. The van der Waals surface area contributed by atoms with E-state index in [1.54, 1.807) is 6.92 Å². The van der Waals surface area contributed by atoms with Crippen LogP contribution in [0.15, 0.2) is 18.2 Å². The number of fused-ring (bicyclic) bond motifs is 1. The van der Waals surface area contributed by atoms with Gasteiger partial charge in [0.05, 0.1) is 6.61 Å². The molecule has 2 aromatic rings. The number of carbonyl (C=O) groups excluding carboxylic acids is 1. The highest BCUT2D eigenvalue weighted by Gasteiger charge is 2.18. The van der Waals surface area contributed by atoms with E-state index in [0.29, 0.717) is 17.4 Å². The largest absolute Gasteiger partial charge is 0.484 e. The Morgan fingerprint density at radius 2 is 2.17 bits per heavy atom. The molecule has 1 aliphatic carbocycles. The third-order valence-corrected chi connectivity index (χ3v) is 4.13. The third-order valence-electron chi connectivity index (χ3n) is 4.13. The summed E-state index contributed by atoms with van der Waals surface area (Å²) in [6, 6.07) is 5.35. The lowest BCUT2D eigenvalue weighted by atomic mass is 9.92. The van der Waals surface area contributed by atoms with Crippen LogP contribution in [0.25, 0.3) is 0 Å². The van der Waals surface area contributed by atoms with E-state index < -0.39 is 6.04 Å². The Kier molecular flexibility index (Phi) is 5.10. The SMILES string of the molecule is Cc1nc([C@@H](CO)NC(=O)COc2ccc3c(c2)CCCC3)n[nH]1. The second kappa shape index (κ2) is 7.44. The molecule has 1 atom stereocenters. The van der Waals surface area contributed by atoms with Gasteiger partial charge in [0.25, 0.3) is 5.91 Å². The number of aryl methyl sites for hydroxylation is 3. The van der Waals surface area contributed by atoms with Gasteiger partial charge in [-0.3, -0.25) is 9.89 Å². The van der Waals surface area contributed by atoms with Gasteiger partial charge in [0, 0.05) is 0 Å². The molecule has 1 amide bonds. The van der Waals surface area contributed by atoms with Gasteiger partial charge in [-0.1, -0.05) is 6.07 Å². The number of hydrogen-bond donors (Lipinski definition) is 3. The van der Waals surface area contributed by atoms with E-state index >= 15 is 0 Å². The van der Waals surface area contributed by atoms with Crippen LogP contribution in [0.2, 0.25) is 0 Å². The lowest BCUT2D eigenvalue weighted by molar-refractivity contribution is -0.124. The topological polar surface area (TPSA) is 100 Å². The molecule has 3 rings (SSSR count). The molecule has 0 radical (unpaired) electrons. The molecule has 1 aromatic heterocycles. The van der Waals surface area contributed by atoms with E-state index in [-0.39, 0.29) is 19.1 Å². The Balaban J connectivity index is 1.55. The maximum atomic E-state index is 12.0. The van der Waals surface area contributed by atoms with Crippen LogP contribution in [0.5, 0.6) is 5.75 Å². The smallest absolute Gasteiger partial charge is 0.258 e. The molecule has 7 nitrogen and oxygen atoms in total. The fraction of sp³-hybridized carbons (Fsp3) is 0.471. The van der Waals surface area contributed by atoms with Crippen LogP contribution < -0.4 is 10.1 Å². The van der Waals surface area contributed by atoms with E-state index in [1.165, 1.54) is 24.0 Å². The fourth-order valence-electron chi connectivity index (χ4n) is 2.89. The first-order valence-corrected chi connectivity index (χ1v) is 8.19. The van der Waals surface area contributed by atoms with E-state index in [1.807, 2.05) is 12.1 Å². The molecule has 0 unspecified atom stereocenters. The molecule has 0 fully saturated rings. The molecule has 128 valence electrons. The Hall–Kier alpha value is -2.41. The average Bonchev–Trinajstić information content (AvgIpc) is 3.04. The van der Waals surface area contributed by atoms with E-state index in [4.69, 9.17) is 4.74 Å². The number of hydrogen-bond acceptors (Lipinski definition) is 5. The first-order valence-electron chi connectivity index (χ1n) is 8.19. The average molecular weight is 330 g/mol. The van der Waals surface area contributed by atoms with Crippen LogP contribution in [-0.4, -0.2) is 39.4 Å². The number of aliphatic hydroxyl groups excluding tert-OH is 1. The number of ether oxygens (including phenoxy) is 1. The van der Waals surface area contributed by atoms with E-state index in [2.05, 4.69) is 26.6 Å². The minimum atomic E-state index is -0.644. The van der Waals surface area contributed by atoms with Gasteiger partial charge in [0.15, 0.2) is 12.4 Å². The Morgan fingerprint density at radius 1 is 1.38 bits per heavy atom. The number of amides is 1. The van der Waals surface area contributed by atoms with Gasteiger partial charge in [0.2, 0.25) is 0 Å². The Bertz CT molecular complexity index is 714. The quantitative estimate of drug-likeness (QED) is 0.739. The normalized spacial score (nSPS) is 14.8. The van der Waals surface area contributed by atoms with Crippen molar-refractivity contribution in [2.45, 2.75) is 38.6 Å². The van der Waals surface area contributed by atoms with Crippen molar-refractivity contribution < 1.29 is 14.6 Å². The molecular formula is C17H22N4O3. The second-order valence-electron chi connectivity index (χ2n) is 6.01. The lowest BCUT2D eigenvalue weighted by Crippen LogP contribution is -2.35. The molecule has 1 aromatic carbocycles. The summed E-state index contributed by atoms with van der Waals surface area (Å²) in [5, 5.41) is 18.7. The number of rotatable bonds is 6. The van der Waals surface area contributed by atoms with Crippen molar-refractivity contribution in [3.05, 3.63) is 41.0 Å². The highest BCUT2D eigenvalue weighted by molar-refractivity contribution is 5.77. The summed E-state index contributed by atoms with van der Waals surface area (Å²) in [5.74, 6) is 1.36. The predicted octanol–water partition coefficient (Wildman–Crippen LogP) is 1.22. The number of aromatic nitrogens is 3. The fourth-order valence-corrected chi connectivity index (χ4v) is 2.89. The molecule has 0 saturated carbocycles. The molecule has 3 N–H and O–H groups in total. The summed E-state index contributed by atoms with van der Waals surface area (Å²) in [5.41, 5.74) is 2.68. The number of nitrogens with one attached hydrogen (secondary N) is 2. The van der Waals surface area contributed by atoms with Crippen LogP contribution in [0.4, 0.5) is 0 Å². The standard InChI is InChI=1S/C17H22N4O3/c1-11-18-17(21-20-11)15(9-22)19-16(23)10-24-14-7-6-12-4-2-3-5-13(12)8-14/h6-8,15,22H,2-5,9-10H2,1H3,(H,19,23)(H,18,20,21)/t15-/m1/s1. The molecule has 1 aliphatic rings. The maximum absolute atomic E-state index is 12.0. The van der Waals surface area contributed by atoms with Crippen molar-refractivity contribution in [2.75, 3.05) is 13.2 Å². The summed E-state index contributed by atoms with van der Waals surface area (Å²) in [4.78, 5) is 16.2. The third kappa shape index (κ3) is 3.91. The van der Waals surface area contributed by atoms with Crippen LogP contribution in [0.1, 0.15) is 41.7 Å². The minimum Gasteiger partial charge on any atom is -0.484 e. The monoisotopic (exact) mass is 330 g/mol. The van der Waals surface area contributed by atoms with E-state index in [9.17, 15) is 9.90 Å². The summed E-state index contributed by atoms with van der Waals surface area (Å²) < 4.78 is 5.58. The van der Waals surface area contributed by atoms with Crippen LogP contribution in [-0.2, 0) is 17.6 Å². The molecule has 0 saturated heterocycles. The first kappa shape index (κ1) is 16.4. The molecular weight excluding hydrogens is 308 g/mol. The zero-order valence-electron chi connectivity index (χ0n) is 13.7. The van der Waals surface area contributed by atoms with Gasteiger partial charge in [-0.15, -0.1) is 0 Å². The summed E-state index contributed by atoms with van der Waals surface area (Å²) in [6.07, 6.45) is 4.61. The van der Waals surface area contributed by atoms with Crippen molar-refractivity contribution in [1.29, 1.82) is 0 Å². The number of benzene rings is 1. The molecule has 0 bridgehead atoms. The van der Waals surface area contributed by atoms with Gasteiger partial charge in [-0.05, 0) is 55.9 Å². The van der Waals surface area contributed by atoms with Crippen molar-refractivity contribution in [3.63, 3.8) is 0 Å². The molecule has 24 heavy (non-hydrogen) atoms. The van der Waals surface area contributed by atoms with Crippen LogP contribution in [0, 0.1) is 6.92 Å². The van der Waals surface area contributed by atoms with Crippen LogP contribution in [0.3, 0.4) is 0 Å². The van der Waals surface area contributed by atoms with Crippen molar-refractivity contribution in [3.8, 4) is 5.75 Å². The van der Waals surface area contributed by atoms with Gasteiger partial charge in [-0.2, -0.15) is 5.10 Å². The highest BCUT2D eigenvalue weighted by Crippen LogP contribution is 2.25. The van der Waals surface area contributed by atoms with Crippen LogP contribution >= 0.6 is 0 Å². The predicted molar refractivity (Wildman–Crippen MR) is 87.7 cm³/mol. The highest BCUT2D eigenvalue weighted by atomic mass is 16.5. The molecule has 0 spiro atoms. The number of nitrogens with zero attached hydrogens (tertiary/aromatic N) is 2. The van der Waals surface area contributed by atoms with Crippen molar-refractivity contribution >= 4 is 5.91 Å². The Labute approximate surface area is 140 Å². The van der Waals surface area contributed by atoms with Crippen molar-refractivity contribution in [1.82, 2.24) is 20.5 Å². The second-order valence-corrected chi connectivity index (χ2v) is 6.01. The summed E-state index contributed by atoms with van der Waals surface area (Å²) in [7, 11) is 0. The molecule has 7 heteroatoms. The number of aromatic amines is 1. The summed E-state index contributed by atoms with van der Waals surface area (Å²) >= 11 is 0. The number of H-pyrrole nitrogens is 1. The first-order chi connectivity index (χ1) is 11.7. The van der Waals surface area contributed by atoms with Gasteiger partial charge in [-0.25, -0.2) is 4.98 Å². The zero-order chi connectivity index (χ0) is 16.9. The Morgan fingerprint density at radius 3 is 2.88 bits per heavy atom. The zero-order valence-corrected chi connectivity index (χ0v) is 13.7. The van der Waals surface area contributed by atoms with Gasteiger partial charge < -0.3 is 15.2 Å². The maximum Gasteiger partial charge on any atom is 0.258 e. The van der Waals surface area contributed by atoms with Crippen molar-refractivity contribution in [2.24, 2.45) is 0 Å². The van der Waals surface area contributed by atoms with Gasteiger partial charge in [0.1, 0.15) is 17.6 Å².